The quantitative estimate of drug-likeness (QED) is 0.117. The Balaban J connectivity index is 0.892. The van der Waals surface area contributed by atoms with Gasteiger partial charge in [-0.1, -0.05) is 346 Å². The van der Waals surface area contributed by atoms with Crippen molar-refractivity contribution >= 4 is 43.1 Å². The van der Waals surface area contributed by atoms with Crippen LogP contribution in [-0.4, -0.2) is 0 Å². The van der Waals surface area contributed by atoms with Gasteiger partial charge in [0.2, 0.25) is 0 Å². The van der Waals surface area contributed by atoms with Crippen molar-refractivity contribution in [2.45, 2.75) is 16.2 Å². The van der Waals surface area contributed by atoms with E-state index in [0.29, 0.717) is 0 Å². The molecule has 460 valence electrons. The van der Waals surface area contributed by atoms with Crippen molar-refractivity contribution in [2.75, 3.05) is 0 Å². The average molecular weight is 1260 g/mol. The van der Waals surface area contributed by atoms with Crippen LogP contribution < -0.4 is 9.47 Å². The molecule has 4 aliphatic rings. The zero-order valence-corrected chi connectivity index (χ0v) is 54.0. The molecule has 0 amide bonds. The summed E-state index contributed by atoms with van der Waals surface area (Å²) in [6.45, 7) is 0. The third kappa shape index (κ3) is 7.39. The van der Waals surface area contributed by atoms with E-state index in [1.807, 2.05) is 0 Å². The van der Waals surface area contributed by atoms with Crippen LogP contribution in [0.4, 0.5) is 0 Å². The number of fused-ring (bicyclic) bond motifs is 21. The number of rotatable bonds is 7. The summed E-state index contributed by atoms with van der Waals surface area (Å²) in [5.41, 5.74) is 23.8. The first-order valence-corrected chi connectivity index (χ1v) is 34.5. The molecule has 2 heterocycles. The summed E-state index contributed by atoms with van der Waals surface area (Å²) in [5.74, 6) is 3.34. The number of hydrogen-bond donors (Lipinski definition) is 0. The highest BCUT2D eigenvalue weighted by molar-refractivity contribution is 6.23. The van der Waals surface area contributed by atoms with E-state index in [1.165, 1.54) is 99.4 Å². The standard InChI is InChI=1S/C97H60O2/c1-5-30-61(31-6-1)95(62-32-7-2-8-33-62)82-53-21-23-58-87(82)98-93-73(48-27-56-85(93)95)67-44-25-46-70-78(67)60-79-68(74-49-28-57-86-94(74)99-88-59-24-22-54-83(88)96(86,63-34-9-3-10-35-63)64-36-11-4-12-37-64)45-26-47-71(79)89(70)77-50-29-55-84-90(77)75-42-17-19-51-80(75)97(84)81-52-20-18-43-76(81)91-69-40-15-13-38-65(69)66-39-14-16-41-72(66)92(91)97/h1-60H. The van der Waals surface area contributed by atoms with Crippen molar-refractivity contribution < 1.29 is 9.47 Å². The SMILES string of the molecule is c1ccc(C2(c3ccccc3)c3ccccc3Oc3c(-c4cccc5c(-c6cccc7c6-c6ccccc6C76c7ccccc7-c7c6c6ccccc6c6ccccc76)c6cccc(-c7cccc8c7Oc7ccccc7C8(c7ccccc7)c7ccccc7)c6cc45)cccc32)cc1. The molecule has 2 aliphatic heterocycles. The fourth-order valence-electron chi connectivity index (χ4n) is 18.9. The average Bonchev–Trinajstić information content (AvgIpc) is 1.51. The zero-order chi connectivity index (χ0) is 65.0. The van der Waals surface area contributed by atoms with Crippen LogP contribution in [0.5, 0.6) is 23.0 Å². The molecule has 17 aromatic carbocycles. The third-order valence-electron chi connectivity index (χ3n) is 22.5. The fourth-order valence-corrected chi connectivity index (χ4v) is 18.9. The van der Waals surface area contributed by atoms with E-state index in [4.69, 9.17) is 9.47 Å². The lowest BCUT2D eigenvalue weighted by Crippen LogP contribution is -2.34. The topological polar surface area (TPSA) is 18.5 Å². The Morgan fingerprint density at radius 2 is 0.485 bits per heavy atom. The molecule has 0 radical (unpaired) electrons. The molecule has 17 aromatic rings. The van der Waals surface area contributed by atoms with Gasteiger partial charge in [0.15, 0.2) is 0 Å². The van der Waals surface area contributed by atoms with E-state index in [0.717, 1.165) is 89.1 Å². The van der Waals surface area contributed by atoms with Crippen LogP contribution >= 0.6 is 0 Å². The molecule has 21 rings (SSSR count). The van der Waals surface area contributed by atoms with Crippen molar-refractivity contribution in [3.8, 4) is 78.6 Å². The first-order chi connectivity index (χ1) is 49.2. The second kappa shape index (κ2) is 21.2. The van der Waals surface area contributed by atoms with Crippen molar-refractivity contribution in [3.05, 3.63) is 431 Å². The molecule has 0 saturated carbocycles. The van der Waals surface area contributed by atoms with Gasteiger partial charge in [-0.05, 0) is 150 Å². The van der Waals surface area contributed by atoms with Gasteiger partial charge >= 0.3 is 0 Å². The van der Waals surface area contributed by atoms with Gasteiger partial charge in [-0.25, -0.2) is 0 Å². The molecular formula is C97H60O2. The van der Waals surface area contributed by atoms with Crippen LogP contribution in [0.3, 0.4) is 0 Å². The Morgan fingerprint density at radius 1 is 0.172 bits per heavy atom. The van der Waals surface area contributed by atoms with Gasteiger partial charge in [-0.15, -0.1) is 0 Å². The van der Waals surface area contributed by atoms with E-state index >= 15 is 0 Å². The second-order valence-corrected chi connectivity index (χ2v) is 27.0. The predicted molar refractivity (Wildman–Crippen MR) is 406 cm³/mol. The highest BCUT2D eigenvalue weighted by Gasteiger charge is 2.54. The van der Waals surface area contributed by atoms with Crippen LogP contribution in [0.2, 0.25) is 0 Å². The number of hydrogen-bond acceptors (Lipinski definition) is 2. The number of para-hydroxylation sites is 4. The normalized spacial score (nSPS) is 15.2. The summed E-state index contributed by atoms with van der Waals surface area (Å²) < 4.78 is 15.1. The maximum absolute atomic E-state index is 7.54. The van der Waals surface area contributed by atoms with E-state index in [2.05, 4.69) is 364 Å². The summed E-state index contributed by atoms with van der Waals surface area (Å²) in [6, 6.07) is 136. The maximum atomic E-state index is 7.54. The Hall–Kier alpha value is -12.6. The molecule has 2 aliphatic carbocycles. The minimum absolute atomic E-state index is 0.657. The lowest BCUT2D eigenvalue weighted by molar-refractivity contribution is 0.436. The van der Waals surface area contributed by atoms with Gasteiger partial charge in [-0.3, -0.25) is 0 Å². The first-order valence-electron chi connectivity index (χ1n) is 34.5. The van der Waals surface area contributed by atoms with Crippen LogP contribution in [0.15, 0.2) is 364 Å². The predicted octanol–water partition coefficient (Wildman–Crippen LogP) is 24.6. The molecule has 2 heteroatoms. The summed E-state index contributed by atoms with van der Waals surface area (Å²) in [4.78, 5) is 0. The molecular weight excluding hydrogens is 1200 g/mol. The molecule has 0 bridgehead atoms. The molecule has 0 saturated heterocycles. The number of ether oxygens (including phenoxy) is 2. The fraction of sp³-hybridized carbons (Fsp3) is 0.0309. The minimum Gasteiger partial charge on any atom is -0.456 e. The number of benzene rings is 17. The summed E-state index contributed by atoms with van der Waals surface area (Å²) in [5, 5.41) is 9.60. The molecule has 0 fully saturated rings. The van der Waals surface area contributed by atoms with Gasteiger partial charge in [0.05, 0.1) is 16.2 Å². The largest absolute Gasteiger partial charge is 0.456 e. The van der Waals surface area contributed by atoms with E-state index in [1.54, 1.807) is 0 Å². The lowest BCUT2D eigenvalue weighted by Gasteiger charge is -2.42. The highest BCUT2D eigenvalue weighted by Crippen LogP contribution is 2.68. The Kier molecular flexibility index (Phi) is 11.9. The molecule has 1 atom stereocenters. The molecule has 1 spiro atoms. The monoisotopic (exact) mass is 1260 g/mol. The van der Waals surface area contributed by atoms with Gasteiger partial charge in [0.1, 0.15) is 23.0 Å². The minimum atomic E-state index is -0.721. The van der Waals surface area contributed by atoms with E-state index in [9.17, 15) is 0 Å². The summed E-state index contributed by atoms with van der Waals surface area (Å²) in [7, 11) is 0. The van der Waals surface area contributed by atoms with Crippen molar-refractivity contribution in [2.24, 2.45) is 0 Å². The molecule has 99 heavy (non-hydrogen) atoms. The first kappa shape index (κ1) is 55.6. The summed E-state index contributed by atoms with van der Waals surface area (Å²) >= 11 is 0. The second-order valence-electron chi connectivity index (χ2n) is 27.0. The van der Waals surface area contributed by atoms with Gasteiger partial charge in [0, 0.05) is 33.4 Å². The van der Waals surface area contributed by atoms with E-state index in [-0.39, 0.29) is 0 Å². The van der Waals surface area contributed by atoms with Crippen LogP contribution in [-0.2, 0) is 16.2 Å². The zero-order valence-electron chi connectivity index (χ0n) is 54.0. The third-order valence-corrected chi connectivity index (χ3v) is 22.5. The molecule has 1 unspecified atom stereocenters. The highest BCUT2D eigenvalue weighted by atomic mass is 16.5. The Bertz CT molecular complexity index is 5910. The smallest absolute Gasteiger partial charge is 0.140 e. The summed E-state index contributed by atoms with van der Waals surface area (Å²) in [6.07, 6.45) is 0. The molecule has 0 N–H and O–H groups in total. The Morgan fingerprint density at radius 3 is 0.970 bits per heavy atom. The van der Waals surface area contributed by atoms with Gasteiger partial charge < -0.3 is 9.47 Å². The van der Waals surface area contributed by atoms with Gasteiger partial charge in [0.25, 0.3) is 0 Å². The van der Waals surface area contributed by atoms with E-state index < -0.39 is 16.2 Å². The molecule has 2 nitrogen and oxygen atoms in total. The van der Waals surface area contributed by atoms with Gasteiger partial charge in [-0.2, -0.15) is 0 Å². The van der Waals surface area contributed by atoms with Crippen molar-refractivity contribution in [1.29, 1.82) is 0 Å². The van der Waals surface area contributed by atoms with Crippen LogP contribution in [0.25, 0.3) is 98.7 Å². The lowest BCUT2D eigenvalue weighted by atomic mass is 9.63. The van der Waals surface area contributed by atoms with Crippen molar-refractivity contribution in [3.63, 3.8) is 0 Å². The van der Waals surface area contributed by atoms with Crippen LogP contribution in [0.1, 0.15) is 66.8 Å². The maximum Gasteiger partial charge on any atom is 0.140 e. The van der Waals surface area contributed by atoms with Crippen LogP contribution in [0, 0.1) is 0 Å². The molecule has 0 aromatic heterocycles. The Labute approximate surface area is 574 Å². The van der Waals surface area contributed by atoms with Crippen molar-refractivity contribution in [1.82, 2.24) is 0 Å².